The number of hydrogen-bond donors (Lipinski definition) is 0. The van der Waals surface area contributed by atoms with Gasteiger partial charge in [0, 0.05) is 19.1 Å². The largest absolute Gasteiger partial charge is 0.298 e. The summed E-state index contributed by atoms with van der Waals surface area (Å²) in [6.45, 7) is 2.53. The summed E-state index contributed by atoms with van der Waals surface area (Å²) in [5.41, 5.74) is 3.32. The predicted octanol–water partition coefficient (Wildman–Crippen LogP) is 3.90. The third-order valence-electron chi connectivity index (χ3n) is 4.51. The molecule has 0 heterocycles. The van der Waals surface area contributed by atoms with Gasteiger partial charge in [0.2, 0.25) is 0 Å². The van der Waals surface area contributed by atoms with Crippen LogP contribution in [0.25, 0.3) is 0 Å². The van der Waals surface area contributed by atoms with E-state index in [9.17, 15) is 9.59 Å². The lowest BCUT2D eigenvalue weighted by atomic mass is 9.77. The van der Waals surface area contributed by atoms with E-state index in [0.29, 0.717) is 19.4 Å². The van der Waals surface area contributed by atoms with Gasteiger partial charge in [-0.3, -0.25) is 14.6 Å². The Bertz CT molecular complexity index is 729. The maximum Gasteiger partial charge on any atom is 0.149 e. The van der Waals surface area contributed by atoms with Crippen molar-refractivity contribution >= 4 is 17.8 Å². The van der Waals surface area contributed by atoms with Crippen LogP contribution in [0.4, 0.5) is 0 Å². The van der Waals surface area contributed by atoms with Crippen molar-refractivity contribution in [2.24, 2.45) is 10.9 Å². The van der Waals surface area contributed by atoms with Crippen LogP contribution in [0.5, 0.6) is 0 Å². The SMILES string of the molecule is Cc1ccc(C2CC(=O)C(C=NCc3ccccc3)C(=O)C2)cc1. The molecule has 0 N–H and O–H groups in total. The van der Waals surface area contributed by atoms with Gasteiger partial charge in [0.15, 0.2) is 0 Å². The summed E-state index contributed by atoms with van der Waals surface area (Å²) in [6, 6.07) is 17.9. The number of aliphatic imine (C=N–C) groups is 1. The van der Waals surface area contributed by atoms with Crippen LogP contribution in [0.1, 0.15) is 35.4 Å². The van der Waals surface area contributed by atoms with E-state index in [0.717, 1.165) is 11.1 Å². The molecule has 1 saturated carbocycles. The fourth-order valence-electron chi connectivity index (χ4n) is 3.08. The molecule has 0 amide bonds. The van der Waals surface area contributed by atoms with Crippen molar-refractivity contribution in [3.63, 3.8) is 0 Å². The number of ketones is 2. The van der Waals surface area contributed by atoms with Crippen molar-refractivity contribution in [3.05, 3.63) is 71.3 Å². The lowest BCUT2D eigenvalue weighted by molar-refractivity contribution is -0.133. The van der Waals surface area contributed by atoms with Gasteiger partial charge in [-0.1, -0.05) is 60.2 Å². The number of carbonyl (C=O) groups excluding carboxylic acids is 2. The Kier molecular flexibility index (Phi) is 4.99. The second-order valence-electron chi connectivity index (χ2n) is 6.40. The zero-order chi connectivity index (χ0) is 16.9. The van der Waals surface area contributed by atoms with E-state index in [2.05, 4.69) is 4.99 Å². The molecule has 1 fully saturated rings. The fraction of sp³-hybridized carbons (Fsp3) is 0.286. The van der Waals surface area contributed by atoms with Crippen LogP contribution in [0.3, 0.4) is 0 Å². The zero-order valence-electron chi connectivity index (χ0n) is 13.8. The molecule has 3 nitrogen and oxygen atoms in total. The van der Waals surface area contributed by atoms with Crippen molar-refractivity contribution in [1.29, 1.82) is 0 Å². The van der Waals surface area contributed by atoms with Gasteiger partial charge in [-0.05, 0) is 24.0 Å². The standard InChI is InChI=1S/C21H21NO2/c1-15-7-9-17(10-8-15)18-11-20(23)19(21(24)12-18)14-22-13-16-5-3-2-4-6-16/h2-10,14,18-19H,11-13H2,1H3. The van der Waals surface area contributed by atoms with E-state index in [1.807, 2.05) is 61.5 Å². The van der Waals surface area contributed by atoms with Crippen LogP contribution < -0.4 is 0 Å². The van der Waals surface area contributed by atoms with E-state index < -0.39 is 5.92 Å². The third kappa shape index (κ3) is 3.85. The Hall–Kier alpha value is -2.55. The molecule has 0 aromatic heterocycles. The quantitative estimate of drug-likeness (QED) is 0.634. The van der Waals surface area contributed by atoms with E-state index >= 15 is 0 Å². The molecular formula is C21H21NO2. The van der Waals surface area contributed by atoms with Crippen molar-refractivity contribution in [1.82, 2.24) is 0 Å². The second kappa shape index (κ2) is 7.35. The number of nitrogens with zero attached hydrogens (tertiary/aromatic N) is 1. The molecule has 122 valence electrons. The summed E-state index contributed by atoms with van der Waals surface area (Å²) >= 11 is 0. The highest BCUT2D eigenvalue weighted by Gasteiger charge is 2.34. The highest BCUT2D eigenvalue weighted by molar-refractivity contribution is 6.16. The minimum atomic E-state index is -0.671. The normalized spacial score (nSPS) is 21.4. The highest BCUT2D eigenvalue weighted by Crippen LogP contribution is 2.31. The Balaban J connectivity index is 1.64. The summed E-state index contributed by atoms with van der Waals surface area (Å²) in [7, 11) is 0. The molecule has 3 heteroatoms. The van der Waals surface area contributed by atoms with Crippen molar-refractivity contribution in [2.75, 3.05) is 0 Å². The van der Waals surface area contributed by atoms with E-state index in [1.54, 1.807) is 6.21 Å². The van der Waals surface area contributed by atoms with Gasteiger partial charge in [-0.15, -0.1) is 0 Å². The first kappa shape index (κ1) is 16.3. The molecule has 1 aliphatic carbocycles. The molecule has 2 aromatic carbocycles. The van der Waals surface area contributed by atoms with Gasteiger partial charge in [-0.25, -0.2) is 0 Å². The van der Waals surface area contributed by atoms with Gasteiger partial charge >= 0.3 is 0 Å². The maximum absolute atomic E-state index is 12.4. The number of Topliss-reactive ketones (excluding diaryl/α,β-unsaturated/α-hetero) is 2. The molecule has 24 heavy (non-hydrogen) atoms. The van der Waals surface area contributed by atoms with Crippen LogP contribution >= 0.6 is 0 Å². The lowest BCUT2D eigenvalue weighted by Gasteiger charge is -2.24. The van der Waals surface area contributed by atoms with Crippen LogP contribution in [0.2, 0.25) is 0 Å². The van der Waals surface area contributed by atoms with Crippen molar-refractivity contribution in [3.8, 4) is 0 Å². The van der Waals surface area contributed by atoms with Crippen LogP contribution in [-0.4, -0.2) is 17.8 Å². The van der Waals surface area contributed by atoms with Gasteiger partial charge in [-0.2, -0.15) is 0 Å². The topological polar surface area (TPSA) is 46.5 Å². The predicted molar refractivity (Wildman–Crippen MR) is 95.3 cm³/mol. The molecule has 0 spiro atoms. The Morgan fingerprint density at radius 2 is 1.58 bits per heavy atom. The summed E-state index contributed by atoms with van der Waals surface area (Å²) in [5.74, 6) is -0.706. The molecular weight excluding hydrogens is 298 g/mol. The van der Waals surface area contributed by atoms with Gasteiger partial charge in [0.25, 0.3) is 0 Å². The Morgan fingerprint density at radius 3 is 2.21 bits per heavy atom. The molecule has 0 atom stereocenters. The summed E-state index contributed by atoms with van der Waals surface area (Å²) < 4.78 is 0. The maximum atomic E-state index is 12.4. The molecule has 0 saturated heterocycles. The molecule has 2 aromatic rings. The summed E-state index contributed by atoms with van der Waals surface area (Å²) in [6.07, 6.45) is 2.37. The second-order valence-corrected chi connectivity index (χ2v) is 6.40. The van der Waals surface area contributed by atoms with Crippen molar-refractivity contribution in [2.45, 2.75) is 32.2 Å². The van der Waals surface area contributed by atoms with Gasteiger partial charge < -0.3 is 0 Å². The minimum absolute atomic E-state index is 0.00405. The zero-order valence-corrected chi connectivity index (χ0v) is 13.8. The van der Waals surface area contributed by atoms with Crippen LogP contribution in [0.15, 0.2) is 59.6 Å². The number of aryl methyl sites for hydroxylation is 1. The van der Waals surface area contributed by atoms with Crippen LogP contribution in [0, 0.1) is 12.8 Å². The van der Waals surface area contributed by atoms with Crippen molar-refractivity contribution < 1.29 is 9.59 Å². The van der Waals surface area contributed by atoms with E-state index in [-0.39, 0.29) is 17.5 Å². The molecule has 1 aliphatic rings. The fourth-order valence-corrected chi connectivity index (χ4v) is 3.08. The molecule has 0 radical (unpaired) electrons. The average molecular weight is 319 g/mol. The Labute approximate surface area is 142 Å². The monoisotopic (exact) mass is 319 g/mol. The Morgan fingerprint density at radius 1 is 0.958 bits per heavy atom. The van der Waals surface area contributed by atoms with Gasteiger partial charge in [0.05, 0.1) is 6.54 Å². The smallest absolute Gasteiger partial charge is 0.149 e. The number of hydrogen-bond acceptors (Lipinski definition) is 3. The third-order valence-corrected chi connectivity index (χ3v) is 4.51. The first-order valence-electron chi connectivity index (χ1n) is 8.29. The van der Waals surface area contributed by atoms with E-state index in [1.165, 1.54) is 5.56 Å². The molecule has 0 bridgehead atoms. The lowest BCUT2D eigenvalue weighted by Crippen LogP contribution is -2.33. The summed E-state index contributed by atoms with van der Waals surface area (Å²) in [5, 5.41) is 0. The highest BCUT2D eigenvalue weighted by atomic mass is 16.2. The first-order chi connectivity index (χ1) is 11.6. The molecule has 3 rings (SSSR count). The number of carbonyl (C=O) groups is 2. The molecule has 0 unspecified atom stereocenters. The van der Waals surface area contributed by atoms with Crippen LogP contribution in [-0.2, 0) is 16.1 Å². The summed E-state index contributed by atoms with van der Waals surface area (Å²) in [4.78, 5) is 29.1. The van der Waals surface area contributed by atoms with Gasteiger partial charge in [0.1, 0.15) is 17.5 Å². The minimum Gasteiger partial charge on any atom is -0.298 e. The van der Waals surface area contributed by atoms with E-state index in [4.69, 9.17) is 0 Å². The first-order valence-corrected chi connectivity index (χ1v) is 8.29. The molecule has 0 aliphatic heterocycles. The number of rotatable bonds is 4. The number of benzene rings is 2. The average Bonchev–Trinajstić information content (AvgIpc) is 2.59.